The molecule has 0 bridgehead atoms. The van der Waals surface area contributed by atoms with Gasteiger partial charge in [-0.25, -0.2) is 0 Å². The second-order valence-electron chi connectivity index (χ2n) is 4.23. The maximum atomic E-state index is 11.9. The van der Waals surface area contributed by atoms with Crippen LogP contribution in [0.1, 0.15) is 5.56 Å². The lowest BCUT2D eigenvalue weighted by atomic mass is 10.2. The monoisotopic (exact) mass is 308 g/mol. The van der Waals surface area contributed by atoms with Crippen molar-refractivity contribution in [2.75, 3.05) is 26.5 Å². The van der Waals surface area contributed by atoms with Crippen molar-refractivity contribution < 1.29 is 9.90 Å². The molecule has 0 unspecified atom stereocenters. The molecule has 106 valence electrons. The van der Waals surface area contributed by atoms with Gasteiger partial charge in [-0.15, -0.1) is 11.8 Å². The molecule has 2 rings (SSSR count). The molecular formula is C14H16N2O2S2. The first-order valence-electron chi connectivity index (χ1n) is 6.12. The first kappa shape index (κ1) is 15.2. The van der Waals surface area contributed by atoms with Gasteiger partial charge in [0.2, 0.25) is 0 Å². The number of aliphatic hydroxyl groups excluding tert-OH is 1. The minimum absolute atomic E-state index is 0.0411. The van der Waals surface area contributed by atoms with Gasteiger partial charge in [0.1, 0.15) is 0 Å². The van der Waals surface area contributed by atoms with Crippen molar-refractivity contribution in [3.63, 3.8) is 0 Å². The van der Waals surface area contributed by atoms with Crippen LogP contribution in [0, 0.1) is 0 Å². The summed E-state index contributed by atoms with van der Waals surface area (Å²) in [5.74, 6) is -0.219. The van der Waals surface area contributed by atoms with Crippen LogP contribution in [0.25, 0.3) is 6.08 Å². The highest BCUT2D eigenvalue weighted by atomic mass is 32.2. The predicted octanol–water partition coefficient (Wildman–Crippen LogP) is 2.30. The average Bonchev–Trinajstić information content (AvgIpc) is 2.81. The van der Waals surface area contributed by atoms with Crippen molar-refractivity contribution in [1.82, 2.24) is 4.90 Å². The molecule has 1 aliphatic rings. The van der Waals surface area contributed by atoms with Gasteiger partial charge in [-0.3, -0.25) is 4.79 Å². The summed E-state index contributed by atoms with van der Waals surface area (Å²) >= 11 is 3.03. The Balaban J connectivity index is 2.10. The fraction of sp³-hybridized carbons (Fsp3) is 0.286. The number of benzene rings is 1. The van der Waals surface area contributed by atoms with Gasteiger partial charge in [0.15, 0.2) is 5.17 Å². The number of carbonyl (C=O) groups is 1. The summed E-state index contributed by atoms with van der Waals surface area (Å²) < 4.78 is 0. The molecule has 0 aromatic heterocycles. The maximum Gasteiger partial charge on any atom is 0.286 e. The van der Waals surface area contributed by atoms with Crippen LogP contribution in [0.3, 0.4) is 0 Å². The van der Waals surface area contributed by atoms with Gasteiger partial charge in [-0.2, -0.15) is 4.99 Å². The molecule has 0 fully saturated rings. The van der Waals surface area contributed by atoms with Crippen LogP contribution in [0.2, 0.25) is 0 Å². The summed E-state index contributed by atoms with van der Waals surface area (Å²) in [6.45, 7) is 0.508. The number of thioether (sulfide) groups is 2. The minimum atomic E-state index is -0.219. The van der Waals surface area contributed by atoms with E-state index >= 15 is 0 Å². The second-order valence-corrected chi connectivity index (χ2v) is 6.12. The molecular weight excluding hydrogens is 292 g/mol. The summed E-state index contributed by atoms with van der Waals surface area (Å²) in [7, 11) is 1.81. The fourth-order valence-corrected chi connectivity index (χ4v) is 2.97. The maximum absolute atomic E-state index is 11.9. The first-order valence-corrected chi connectivity index (χ1v) is 8.17. The average molecular weight is 308 g/mol. The number of aliphatic imine (C=N–C) groups is 1. The Labute approximate surface area is 127 Å². The molecule has 0 saturated carbocycles. The summed E-state index contributed by atoms with van der Waals surface area (Å²) in [6.07, 6.45) is 3.88. The Morgan fingerprint density at radius 1 is 1.40 bits per heavy atom. The Morgan fingerprint density at radius 2 is 2.10 bits per heavy atom. The van der Waals surface area contributed by atoms with E-state index in [4.69, 9.17) is 5.11 Å². The van der Waals surface area contributed by atoms with Crippen molar-refractivity contribution in [1.29, 1.82) is 0 Å². The Bertz CT molecular complexity index is 553. The van der Waals surface area contributed by atoms with E-state index in [-0.39, 0.29) is 12.5 Å². The number of carbonyl (C=O) groups excluding carboxylic acids is 1. The number of aliphatic hydroxyl groups is 1. The van der Waals surface area contributed by atoms with Crippen molar-refractivity contribution in [2.24, 2.45) is 4.99 Å². The van der Waals surface area contributed by atoms with Gasteiger partial charge in [0.25, 0.3) is 5.91 Å². The van der Waals surface area contributed by atoms with E-state index in [0.29, 0.717) is 16.6 Å². The molecule has 1 amide bonds. The number of hydrogen-bond acceptors (Lipinski definition) is 5. The summed E-state index contributed by atoms with van der Waals surface area (Å²) in [5, 5.41) is 9.54. The van der Waals surface area contributed by atoms with Gasteiger partial charge in [-0.05, 0) is 41.8 Å². The molecule has 0 atom stereocenters. The van der Waals surface area contributed by atoms with E-state index in [1.807, 2.05) is 43.6 Å². The molecule has 1 aromatic carbocycles. The Kier molecular flexibility index (Phi) is 5.28. The quantitative estimate of drug-likeness (QED) is 0.683. The number of hydrogen-bond donors (Lipinski definition) is 1. The van der Waals surface area contributed by atoms with Crippen LogP contribution in [-0.2, 0) is 4.79 Å². The lowest BCUT2D eigenvalue weighted by Crippen LogP contribution is -2.26. The SMILES string of the molecule is CSc1ccc(/C=C2\SC(N(C)CCO)=NC2=O)cc1. The number of rotatable bonds is 4. The highest BCUT2D eigenvalue weighted by molar-refractivity contribution is 8.18. The lowest BCUT2D eigenvalue weighted by Gasteiger charge is -2.15. The van der Waals surface area contributed by atoms with E-state index < -0.39 is 0 Å². The third kappa shape index (κ3) is 3.65. The smallest absolute Gasteiger partial charge is 0.286 e. The van der Waals surface area contributed by atoms with Crippen LogP contribution in [0.15, 0.2) is 39.1 Å². The van der Waals surface area contributed by atoms with E-state index in [0.717, 1.165) is 5.56 Å². The zero-order chi connectivity index (χ0) is 14.5. The summed E-state index contributed by atoms with van der Waals surface area (Å²) in [6, 6.07) is 8.03. The van der Waals surface area contributed by atoms with Crippen LogP contribution in [0.4, 0.5) is 0 Å². The van der Waals surface area contributed by atoms with Crippen molar-refractivity contribution >= 4 is 40.7 Å². The van der Waals surface area contributed by atoms with E-state index in [2.05, 4.69) is 4.99 Å². The van der Waals surface area contributed by atoms with E-state index in [1.165, 1.54) is 16.7 Å². The number of nitrogens with zero attached hydrogens (tertiary/aromatic N) is 2. The minimum Gasteiger partial charge on any atom is -0.395 e. The van der Waals surface area contributed by atoms with Crippen LogP contribution >= 0.6 is 23.5 Å². The van der Waals surface area contributed by atoms with Crippen LogP contribution in [0.5, 0.6) is 0 Å². The molecule has 4 nitrogen and oxygen atoms in total. The van der Waals surface area contributed by atoms with E-state index in [9.17, 15) is 4.79 Å². The fourth-order valence-electron chi connectivity index (χ4n) is 1.66. The van der Waals surface area contributed by atoms with Gasteiger partial charge < -0.3 is 10.0 Å². The highest BCUT2D eigenvalue weighted by Gasteiger charge is 2.24. The number of amides is 1. The normalized spacial score (nSPS) is 16.6. The van der Waals surface area contributed by atoms with Crippen molar-refractivity contribution in [3.8, 4) is 0 Å². The lowest BCUT2D eigenvalue weighted by molar-refractivity contribution is -0.113. The Morgan fingerprint density at radius 3 is 2.70 bits per heavy atom. The molecule has 0 aliphatic carbocycles. The zero-order valence-electron chi connectivity index (χ0n) is 11.4. The van der Waals surface area contributed by atoms with Gasteiger partial charge in [0, 0.05) is 18.5 Å². The molecule has 6 heteroatoms. The molecule has 0 saturated heterocycles. The molecule has 1 heterocycles. The molecule has 20 heavy (non-hydrogen) atoms. The van der Waals surface area contributed by atoms with Crippen LogP contribution in [-0.4, -0.2) is 47.5 Å². The van der Waals surface area contributed by atoms with Crippen molar-refractivity contribution in [2.45, 2.75) is 4.90 Å². The van der Waals surface area contributed by atoms with E-state index in [1.54, 1.807) is 16.7 Å². The largest absolute Gasteiger partial charge is 0.395 e. The van der Waals surface area contributed by atoms with Gasteiger partial charge >= 0.3 is 0 Å². The van der Waals surface area contributed by atoms with Gasteiger partial charge in [0.05, 0.1) is 11.5 Å². The summed E-state index contributed by atoms with van der Waals surface area (Å²) in [5.41, 5.74) is 0.986. The van der Waals surface area contributed by atoms with Crippen LogP contribution < -0.4 is 0 Å². The van der Waals surface area contributed by atoms with Gasteiger partial charge in [-0.1, -0.05) is 12.1 Å². The second kappa shape index (κ2) is 6.97. The Hall–Kier alpha value is -1.24. The standard InChI is InChI=1S/C14H16N2O2S2/c1-16(7-8-17)14-15-13(18)12(20-14)9-10-3-5-11(19-2)6-4-10/h3-6,9,17H,7-8H2,1-2H3/b12-9-. The third-order valence-corrected chi connectivity index (χ3v) is 4.63. The molecule has 1 N–H and O–H groups in total. The third-order valence-electron chi connectivity index (χ3n) is 2.78. The molecule has 1 aromatic rings. The topological polar surface area (TPSA) is 52.9 Å². The molecule has 0 spiro atoms. The molecule has 1 aliphatic heterocycles. The molecule has 0 radical (unpaired) electrons. The first-order chi connectivity index (χ1) is 9.63. The summed E-state index contributed by atoms with van der Waals surface area (Å²) in [4.78, 5) is 19.4. The zero-order valence-corrected chi connectivity index (χ0v) is 13.0. The highest BCUT2D eigenvalue weighted by Crippen LogP contribution is 2.29. The van der Waals surface area contributed by atoms with Crippen molar-refractivity contribution in [3.05, 3.63) is 34.7 Å². The number of likely N-dealkylation sites (N-methyl/N-ethyl adjacent to an activating group) is 1. The predicted molar refractivity (Wildman–Crippen MR) is 85.9 cm³/mol. The number of amidine groups is 1.